The predicted molar refractivity (Wildman–Crippen MR) is 98.3 cm³/mol. The van der Waals surface area contributed by atoms with Crippen LogP contribution in [0.4, 0.5) is 0 Å². The van der Waals surface area contributed by atoms with E-state index in [1.807, 2.05) is 31.2 Å². The van der Waals surface area contributed by atoms with Gasteiger partial charge in [0.2, 0.25) is 11.3 Å². The van der Waals surface area contributed by atoms with E-state index in [4.69, 9.17) is 5.26 Å². The number of para-hydroxylation sites is 1. The Morgan fingerprint density at radius 2 is 1.96 bits per heavy atom. The fourth-order valence-corrected chi connectivity index (χ4v) is 2.79. The molecule has 0 aliphatic heterocycles. The van der Waals surface area contributed by atoms with E-state index in [1.54, 1.807) is 28.9 Å². The Balaban J connectivity index is 1.65. The molecule has 130 valence electrons. The Morgan fingerprint density at radius 1 is 1.23 bits per heavy atom. The van der Waals surface area contributed by atoms with Gasteiger partial charge in [-0.2, -0.15) is 10.4 Å². The first-order valence-corrected chi connectivity index (χ1v) is 8.33. The molecular weight excluding hydrogens is 328 g/mol. The molecule has 1 amide bonds. The number of hydrogen-bond acceptors (Lipinski definition) is 4. The van der Waals surface area contributed by atoms with E-state index in [-0.39, 0.29) is 23.8 Å². The number of rotatable bonds is 5. The second kappa shape index (κ2) is 7.62. The molecule has 26 heavy (non-hydrogen) atoms. The van der Waals surface area contributed by atoms with Gasteiger partial charge < -0.3 is 5.32 Å². The average Bonchev–Trinajstić information content (AvgIpc) is 2.67. The van der Waals surface area contributed by atoms with Crippen molar-refractivity contribution < 1.29 is 4.79 Å². The van der Waals surface area contributed by atoms with Gasteiger partial charge in [-0.05, 0) is 36.8 Å². The molecule has 1 aromatic heterocycles. The standard InChI is InChI=1S/C20H18N4O2/c1-14(16-8-6-15(12-21)7-9-16)23-20(26)10-11-24-18-5-3-2-4-17(18)19(25)13-22-24/h2-9,13-14H,10-11H2,1H3,(H,23,26). The Bertz CT molecular complexity index is 1030. The van der Waals surface area contributed by atoms with E-state index < -0.39 is 0 Å². The molecule has 6 nitrogen and oxygen atoms in total. The van der Waals surface area contributed by atoms with Gasteiger partial charge in [0.1, 0.15) is 0 Å². The van der Waals surface area contributed by atoms with Crippen molar-refractivity contribution in [2.75, 3.05) is 0 Å². The number of amides is 1. The van der Waals surface area contributed by atoms with E-state index in [1.165, 1.54) is 6.20 Å². The fraction of sp³-hybridized carbons (Fsp3) is 0.200. The molecule has 1 unspecified atom stereocenters. The van der Waals surface area contributed by atoms with E-state index in [2.05, 4.69) is 16.5 Å². The summed E-state index contributed by atoms with van der Waals surface area (Å²) in [6, 6.07) is 16.3. The summed E-state index contributed by atoms with van der Waals surface area (Å²) in [5.74, 6) is -0.105. The number of aromatic nitrogens is 2. The maximum absolute atomic E-state index is 12.3. The minimum absolute atomic E-state index is 0.105. The van der Waals surface area contributed by atoms with E-state index >= 15 is 0 Å². The number of hydrogen-bond donors (Lipinski definition) is 1. The van der Waals surface area contributed by atoms with Gasteiger partial charge in [0.15, 0.2) is 0 Å². The highest BCUT2D eigenvalue weighted by atomic mass is 16.1. The van der Waals surface area contributed by atoms with E-state index in [9.17, 15) is 9.59 Å². The van der Waals surface area contributed by atoms with Gasteiger partial charge in [0.05, 0.1) is 35.9 Å². The van der Waals surface area contributed by atoms with Crippen molar-refractivity contribution >= 4 is 16.8 Å². The molecule has 1 N–H and O–H groups in total. The molecule has 0 bridgehead atoms. The number of benzene rings is 2. The van der Waals surface area contributed by atoms with Crippen molar-refractivity contribution in [1.82, 2.24) is 15.1 Å². The van der Waals surface area contributed by atoms with Crippen molar-refractivity contribution in [3.8, 4) is 6.07 Å². The Hall–Kier alpha value is -3.46. The van der Waals surface area contributed by atoms with Gasteiger partial charge in [-0.3, -0.25) is 14.3 Å². The first kappa shape index (κ1) is 17.4. The Kier molecular flexibility index (Phi) is 5.09. The van der Waals surface area contributed by atoms with Crippen LogP contribution in [0.3, 0.4) is 0 Å². The van der Waals surface area contributed by atoms with Crippen LogP contribution in [0.1, 0.15) is 30.5 Å². The predicted octanol–water partition coefficient (Wildman–Crippen LogP) is 2.54. The molecule has 1 heterocycles. The molecule has 0 radical (unpaired) electrons. The number of nitrogens with zero attached hydrogens (tertiary/aromatic N) is 3. The number of carbonyl (C=O) groups excluding carboxylic acids is 1. The molecule has 0 fully saturated rings. The summed E-state index contributed by atoms with van der Waals surface area (Å²) in [5.41, 5.74) is 2.11. The smallest absolute Gasteiger partial charge is 0.222 e. The van der Waals surface area contributed by atoms with Gasteiger partial charge in [0, 0.05) is 11.8 Å². The molecule has 6 heteroatoms. The number of fused-ring (bicyclic) bond motifs is 1. The summed E-state index contributed by atoms with van der Waals surface area (Å²) in [7, 11) is 0. The highest BCUT2D eigenvalue weighted by Gasteiger charge is 2.11. The highest BCUT2D eigenvalue weighted by Crippen LogP contribution is 2.13. The number of aryl methyl sites for hydroxylation is 1. The quantitative estimate of drug-likeness (QED) is 0.769. The van der Waals surface area contributed by atoms with Crippen LogP contribution >= 0.6 is 0 Å². The second-order valence-electron chi connectivity index (χ2n) is 6.02. The lowest BCUT2D eigenvalue weighted by molar-refractivity contribution is -0.122. The van der Waals surface area contributed by atoms with Crippen LogP contribution in [0.15, 0.2) is 59.5 Å². The Labute approximate surface area is 150 Å². The van der Waals surface area contributed by atoms with Gasteiger partial charge in [-0.1, -0.05) is 24.3 Å². The Morgan fingerprint density at radius 3 is 2.69 bits per heavy atom. The zero-order chi connectivity index (χ0) is 18.5. The summed E-state index contributed by atoms with van der Waals surface area (Å²) in [4.78, 5) is 24.1. The average molecular weight is 346 g/mol. The molecule has 0 aliphatic rings. The number of nitrogens with one attached hydrogen (secondary N) is 1. The van der Waals surface area contributed by atoms with Gasteiger partial charge in [-0.15, -0.1) is 0 Å². The molecule has 0 spiro atoms. The third-order valence-corrected chi connectivity index (χ3v) is 4.23. The summed E-state index contributed by atoms with van der Waals surface area (Å²) < 4.78 is 1.67. The molecule has 1 atom stereocenters. The largest absolute Gasteiger partial charge is 0.350 e. The lowest BCUT2D eigenvalue weighted by Crippen LogP contribution is -2.28. The van der Waals surface area contributed by atoms with Crippen LogP contribution in [0.25, 0.3) is 10.9 Å². The minimum Gasteiger partial charge on any atom is -0.350 e. The summed E-state index contributed by atoms with van der Waals surface area (Å²) in [6.45, 7) is 2.28. The summed E-state index contributed by atoms with van der Waals surface area (Å²) in [5, 5.41) is 16.5. The van der Waals surface area contributed by atoms with Crippen molar-refractivity contribution in [3.05, 3.63) is 76.1 Å². The topological polar surface area (TPSA) is 87.8 Å². The first-order valence-electron chi connectivity index (χ1n) is 8.33. The van der Waals surface area contributed by atoms with Crippen molar-refractivity contribution in [3.63, 3.8) is 0 Å². The van der Waals surface area contributed by atoms with Gasteiger partial charge in [-0.25, -0.2) is 0 Å². The lowest BCUT2D eigenvalue weighted by atomic mass is 10.1. The molecule has 3 aromatic rings. The molecule has 3 rings (SSSR count). The number of carbonyl (C=O) groups is 1. The maximum Gasteiger partial charge on any atom is 0.222 e. The molecule has 2 aromatic carbocycles. The van der Waals surface area contributed by atoms with Gasteiger partial charge in [0.25, 0.3) is 0 Å². The van der Waals surface area contributed by atoms with Crippen LogP contribution in [0.2, 0.25) is 0 Å². The summed E-state index contributed by atoms with van der Waals surface area (Å²) in [6.07, 6.45) is 1.53. The highest BCUT2D eigenvalue weighted by molar-refractivity contribution is 5.79. The van der Waals surface area contributed by atoms with E-state index in [0.717, 1.165) is 5.56 Å². The van der Waals surface area contributed by atoms with Crippen LogP contribution in [-0.4, -0.2) is 15.7 Å². The third kappa shape index (κ3) is 3.78. The van der Waals surface area contributed by atoms with Crippen molar-refractivity contribution in [2.24, 2.45) is 0 Å². The van der Waals surface area contributed by atoms with Crippen LogP contribution in [0.5, 0.6) is 0 Å². The summed E-state index contributed by atoms with van der Waals surface area (Å²) >= 11 is 0. The monoisotopic (exact) mass is 346 g/mol. The van der Waals surface area contributed by atoms with Crippen molar-refractivity contribution in [2.45, 2.75) is 25.9 Å². The number of nitriles is 1. The van der Waals surface area contributed by atoms with Gasteiger partial charge >= 0.3 is 0 Å². The minimum atomic E-state index is -0.158. The van der Waals surface area contributed by atoms with Crippen LogP contribution in [0, 0.1) is 11.3 Å². The molecule has 0 saturated carbocycles. The van der Waals surface area contributed by atoms with Crippen LogP contribution in [-0.2, 0) is 11.3 Å². The first-order chi connectivity index (χ1) is 12.6. The van der Waals surface area contributed by atoms with Crippen LogP contribution < -0.4 is 10.7 Å². The zero-order valence-electron chi connectivity index (χ0n) is 14.3. The molecule has 0 saturated heterocycles. The zero-order valence-corrected chi connectivity index (χ0v) is 14.3. The lowest BCUT2D eigenvalue weighted by Gasteiger charge is -2.15. The van der Waals surface area contributed by atoms with Crippen molar-refractivity contribution in [1.29, 1.82) is 5.26 Å². The second-order valence-corrected chi connectivity index (χ2v) is 6.02. The maximum atomic E-state index is 12.3. The molecular formula is C20H18N4O2. The molecule has 0 aliphatic carbocycles. The fourth-order valence-electron chi connectivity index (χ4n) is 2.79. The van der Waals surface area contributed by atoms with E-state index in [0.29, 0.717) is 23.0 Å². The normalized spacial score (nSPS) is 11.7. The third-order valence-electron chi connectivity index (χ3n) is 4.23. The SMILES string of the molecule is CC(NC(=O)CCn1ncc(=O)c2ccccc21)c1ccc(C#N)cc1.